The Balaban J connectivity index is 2.28. The van der Waals surface area contributed by atoms with Crippen molar-refractivity contribution < 1.29 is 4.42 Å². The van der Waals surface area contributed by atoms with Crippen LogP contribution in [0.3, 0.4) is 0 Å². The number of fused-ring (bicyclic) bond motifs is 2. The number of hydrogen-bond donors (Lipinski definition) is 0. The molecular weight excluding hydrogens is 126 g/mol. The first-order valence-electron chi connectivity index (χ1n) is 3.71. The Bertz CT molecular complexity index is 239. The van der Waals surface area contributed by atoms with E-state index in [0.717, 1.165) is 18.0 Å². The highest BCUT2D eigenvalue weighted by Gasteiger charge is 2.27. The molecule has 1 aromatic heterocycles. The van der Waals surface area contributed by atoms with Crippen LogP contribution in [-0.2, 0) is 6.42 Å². The average Bonchev–Trinajstić information content (AvgIpc) is 2.44. The molecule has 2 heterocycles. The van der Waals surface area contributed by atoms with Gasteiger partial charge in [-0.1, -0.05) is 13.8 Å². The van der Waals surface area contributed by atoms with E-state index in [4.69, 9.17) is 4.42 Å². The molecule has 0 aliphatic carbocycles. The van der Waals surface area contributed by atoms with Gasteiger partial charge in [-0.15, -0.1) is 0 Å². The molecule has 0 spiro atoms. The van der Waals surface area contributed by atoms with E-state index in [1.807, 2.05) is 0 Å². The molecule has 0 N–H and O–H groups in total. The van der Waals surface area contributed by atoms with Gasteiger partial charge in [-0.05, 0) is 5.92 Å². The molecule has 1 atom stereocenters. The van der Waals surface area contributed by atoms with E-state index in [2.05, 4.69) is 18.8 Å². The zero-order valence-corrected chi connectivity index (χ0v) is 6.29. The average molecular weight is 137 g/mol. The van der Waals surface area contributed by atoms with Gasteiger partial charge in [0.1, 0.15) is 6.26 Å². The maximum absolute atomic E-state index is 5.12. The zero-order valence-electron chi connectivity index (χ0n) is 6.29. The third-order valence-electron chi connectivity index (χ3n) is 2.15. The van der Waals surface area contributed by atoms with Crippen molar-refractivity contribution in [3.8, 4) is 0 Å². The third-order valence-corrected chi connectivity index (χ3v) is 2.15. The van der Waals surface area contributed by atoms with Crippen molar-refractivity contribution in [2.75, 3.05) is 0 Å². The lowest BCUT2D eigenvalue weighted by molar-refractivity contribution is 0.410. The molecule has 2 bridgehead atoms. The molecule has 0 radical (unpaired) electrons. The van der Waals surface area contributed by atoms with Gasteiger partial charge < -0.3 is 4.42 Å². The topological polar surface area (TPSA) is 26.0 Å². The summed E-state index contributed by atoms with van der Waals surface area (Å²) in [4.78, 5) is 4.26. The fourth-order valence-corrected chi connectivity index (χ4v) is 1.46. The highest BCUT2D eigenvalue weighted by molar-refractivity contribution is 5.14. The number of aromatic nitrogens is 1. The Morgan fingerprint density at radius 3 is 2.80 bits per heavy atom. The summed E-state index contributed by atoms with van der Waals surface area (Å²) >= 11 is 0. The molecule has 1 aliphatic rings. The SMILES string of the molecule is CC(C)C1Cc2nc1co2. The summed E-state index contributed by atoms with van der Waals surface area (Å²) in [6.45, 7) is 4.45. The Morgan fingerprint density at radius 1 is 1.70 bits per heavy atom. The van der Waals surface area contributed by atoms with Crippen molar-refractivity contribution in [1.82, 2.24) is 4.98 Å². The molecule has 2 rings (SSSR count). The summed E-state index contributed by atoms with van der Waals surface area (Å²) in [5, 5.41) is 0. The normalized spacial score (nSPS) is 22.5. The second-order valence-corrected chi connectivity index (χ2v) is 3.22. The molecule has 1 aliphatic heterocycles. The van der Waals surface area contributed by atoms with Gasteiger partial charge in [0.05, 0.1) is 5.69 Å². The quantitative estimate of drug-likeness (QED) is 0.591. The standard InChI is InChI=1S/C8H11NO/c1-5(2)6-3-8-9-7(6)4-10-8/h4-6H,3H2,1-2H3. The van der Waals surface area contributed by atoms with Crippen LogP contribution >= 0.6 is 0 Å². The summed E-state index contributed by atoms with van der Waals surface area (Å²) in [7, 11) is 0. The molecule has 2 nitrogen and oxygen atoms in total. The van der Waals surface area contributed by atoms with Crippen molar-refractivity contribution in [2.24, 2.45) is 5.92 Å². The van der Waals surface area contributed by atoms with Crippen molar-refractivity contribution in [3.63, 3.8) is 0 Å². The van der Waals surface area contributed by atoms with Gasteiger partial charge in [0.15, 0.2) is 5.89 Å². The molecule has 0 amide bonds. The minimum absolute atomic E-state index is 0.628. The molecule has 0 saturated carbocycles. The van der Waals surface area contributed by atoms with Crippen molar-refractivity contribution in [1.29, 1.82) is 0 Å². The van der Waals surface area contributed by atoms with E-state index in [0.29, 0.717) is 11.8 Å². The zero-order chi connectivity index (χ0) is 7.14. The van der Waals surface area contributed by atoms with Crippen LogP contribution < -0.4 is 0 Å². The van der Waals surface area contributed by atoms with Crippen LogP contribution in [0.15, 0.2) is 10.7 Å². The van der Waals surface area contributed by atoms with E-state index >= 15 is 0 Å². The summed E-state index contributed by atoms with van der Waals surface area (Å²) < 4.78 is 5.12. The molecule has 1 unspecified atom stereocenters. The number of hydrogen-bond acceptors (Lipinski definition) is 2. The first-order chi connectivity index (χ1) is 4.77. The Hall–Kier alpha value is -0.790. The summed E-state index contributed by atoms with van der Waals surface area (Å²) in [6, 6.07) is 0. The van der Waals surface area contributed by atoms with E-state index in [1.165, 1.54) is 0 Å². The van der Waals surface area contributed by atoms with Gasteiger partial charge in [-0.25, -0.2) is 4.98 Å². The van der Waals surface area contributed by atoms with Crippen molar-refractivity contribution >= 4 is 0 Å². The third kappa shape index (κ3) is 0.681. The highest BCUT2D eigenvalue weighted by Crippen LogP contribution is 2.32. The first kappa shape index (κ1) is 5.96. The summed E-state index contributed by atoms with van der Waals surface area (Å²) in [6.07, 6.45) is 2.80. The van der Waals surface area contributed by atoms with Crippen LogP contribution in [0, 0.1) is 5.92 Å². The van der Waals surface area contributed by atoms with Crippen LogP contribution in [0.1, 0.15) is 31.4 Å². The molecule has 0 saturated heterocycles. The number of rotatable bonds is 1. The molecule has 10 heavy (non-hydrogen) atoms. The highest BCUT2D eigenvalue weighted by atomic mass is 16.3. The Morgan fingerprint density at radius 2 is 2.50 bits per heavy atom. The van der Waals surface area contributed by atoms with E-state index < -0.39 is 0 Å². The lowest BCUT2D eigenvalue weighted by atomic mass is 9.91. The fourth-order valence-electron chi connectivity index (χ4n) is 1.46. The Kier molecular flexibility index (Phi) is 1.10. The molecule has 1 aromatic rings. The van der Waals surface area contributed by atoms with Gasteiger partial charge in [-0.2, -0.15) is 0 Å². The van der Waals surface area contributed by atoms with Gasteiger partial charge in [0.2, 0.25) is 0 Å². The van der Waals surface area contributed by atoms with E-state index in [1.54, 1.807) is 6.26 Å². The largest absolute Gasteiger partial charge is 0.449 e. The summed E-state index contributed by atoms with van der Waals surface area (Å²) in [5.74, 6) is 2.23. The van der Waals surface area contributed by atoms with E-state index in [-0.39, 0.29) is 0 Å². The van der Waals surface area contributed by atoms with Gasteiger partial charge in [-0.3, -0.25) is 0 Å². The predicted molar refractivity (Wildman–Crippen MR) is 37.8 cm³/mol. The molecular formula is C8H11NO. The lowest BCUT2D eigenvalue weighted by Gasteiger charge is -2.13. The maximum Gasteiger partial charge on any atom is 0.194 e. The van der Waals surface area contributed by atoms with Gasteiger partial charge >= 0.3 is 0 Å². The maximum atomic E-state index is 5.12. The van der Waals surface area contributed by atoms with Gasteiger partial charge in [0, 0.05) is 12.3 Å². The van der Waals surface area contributed by atoms with E-state index in [9.17, 15) is 0 Å². The molecule has 54 valence electrons. The molecule has 2 heteroatoms. The summed E-state index contributed by atoms with van der Waals surface area (Å²) in [5.41, 5.74) is 1.14. The minimum Gasteiger partial charge on any atom is -0.449 e. The molecule has 0 aromatic carbocycles. The second kappa shape index (κ2) is 1.84. The number of nitrogens with zero attached hydrogens (tertiary/aromatic N) is 1. The lowest BCUT2D eigenvalue weighted by Crippen LogP contribution is -2.05. The van der Waals surface area contributed by atoms with Crippen molar-refractivity contribution in [3.05, 3.63) is 17.8 Å². The Labute approximate surface area is 60.3 Å². The van der Waals surface area contributed by atoms with Crippen LogP contribution in [-0.4, -0.2) is 4.98 Å². The fraction of sp³-hybridized carbons (Fsp3) is 0.625. The van der Waals surface area contributed by atoms with Crippen LogP contribution in [0.4, 0.5) is 0 Å². The van der Waals surface area contributed by atoms with Crippen LogP contribution in [0.2, 0.25) is 0 Å². The second-order valence-electron chi connectivity index (χ2n) is 3.22. The predicted octanol–water partition coefficient (Wildman–Crippen LogP) is 1.97. The molecule has 0 fully saturated rings. The minimum atomic E-state index is 0.628. The first-order valence-corrected chi connectivity index (χ1v) is 3.71. The van der Waals surface area contributed by atoms with Crippen LogP contribution in [0.5, 0.6) is 0 Å². The van der Waals surface area contributed by atoms with Crippen molar-refractivity contribution in [2.45, 2.75) is 26.2 Å². The van der Waals surface area contributed by atoms with Gasteiger partial charge in [0.25, 0.3) is 0 Å². The van der Waals surface area contributed by atoms with Crippen LogP contribution in [0.25, 0.3) is 0 Å². The monoisotopic (exact) mass is 137 g/mol. The smallest absolute Gasteiger partial charge is 0.194 e. The number of oxazole rings is 1.